The molecule has 6 nitrogen and oxygen atoms in total. The summed E-state index contributed by atoms with van der Waals surface area (Å²) in [7, 11) is 0. The molecule has 28 heavy (non-hydrogen) atoms. The van der Waals surface area contributed by atoms with E-state index in [-0.39, 0.29) is 29.0 Å². The fraction of sp³-hybridized carbons (Fsp3) is 0.600. The van der Waals surface area contributed by atoms with Crippen LogP contribution in [0.3, 0.4) is 0 Å². The molecule has 4 rings (SSSR count). The van der Waals surface area contributed by atoms with E-state index < -0.39 is 12.7 Å². The Morgan fingerprint density at radius 1 is 1.32 bits per heavy atom. The Balaban J connectivity index is 1.31. The Morgan fingerprint density at radius 2 is 2.04 bits per heavy atom. The molecule has 2 saturated heterocycles. The Kier molecular flexibility index (Phi) is 4.89. The van der Waals surface area contributed by atoms with Crippen LogP contribution in [0.15, 0.2) is 18.2 Å². The first-order chi connectivity index (χ1) is 13.3. The number of aryl methyl sites for hydroxylation is 1. The summed E-state index contributed by atoms with van der Waals surface area (Å²) in [6.45, 7) is 0.540. The number of nitrogens with zero attached hydrogens (tertiary/aromatic N) is 1. The molecule has 2 amide bonds. The maximum atomic E-state index is 12.7. The summed E-state index contributed by atoms with van der Waals surface area (Å²) in [4.78, 5) is 25.8. The average Bonchev–Trinajstić information content (AvgIpc) is 3.04. The Labute approximate surface area is 162 Å². The number of cyclic esters (lactones) is 1. The summed E-state index contributed by atoms with van der Waals surface area (Å²) >= 11 is 0. The van der Waals surface area contributed by atoms with Gasteiger partial charge in [0.2, 0.25) is 5.91 Å². The van der Waals surface area contributed by atoms with Gasteiger partial charge in [-0.2, -0.15) is 8.78 Å². The molecule has 3 fully saturated rings. The lowest BCUT2D eigenvalue weighted by atomic mass is 9.68. The smallest absolute Gasteiger partial charge is 0.407 e. The highest BCUT2D eigenvalue weighted by Crippen LogP contribution is 2.42. The molecule has 1 aromatic carbocycles. The minimum atomic E-state index is -2.84. The van der Waals surface area contributed by atoms with Crippen molar-refractivity contribution in [2.24, 2.45) is 5.92 Å². The normalized spacial score (nSPS) is 27.5. The number of carbonyl (C=O) groups excluding carboxylic acids is 2. The highest BCUT2D eigenvalue weighted by atomic mass is 19.3. The van der Waals surface area contributed by atoms with Crippen molar-refractivity contribution in [3.05, 3.63) is 29.3 Å². The fourth-order valence-electron chi connectivity index (χ4n) is 4.56. The summed E-state index contributed by atoms with van der Waals surface area (Å²) in [5.74, 6) is 0.506. The molecule has 0 aromatic heterocycles. The molecule has 1 aromatic rings. The van der Waals surface area contributed by atoms with Gasteiger partial charge in [-0.05, 0) is 55.7 Å². The molecule has 2 aliphatic heterocycles. The number of ether oxygens (including phenoxy) is 2. The van der Waals surface area contributed by atoms with Crippen LogP contribution in [0.4, 0.5) is 13.6 Å². The van der Waals surface area contributed by atoms with Gasteiger partial charge in [-0.15, -0.1) is 0 Å². The van der Waals surface area contributed by atoms with Gasteiger partial charge in [0.1, 0.15) is 12.4 Å². The van der Waals surface area contributed by atoms with E-state index in [2.05, 4.69) is 10.1 Å². The molecule has 0 atom stereocenters. The van der Waals surface area contributed by atoms with Crippen LogP contribution in [0.2, 0.25) is 0 Å². The van der Waals surface area contributed by atoms with Gasteiger partial charge in [0.25, 0.3) is 0 Å². The first kappa shape index (κ1) is 19.0. The number of halogens is 2. The van der Waals surface area contributed by atoms with E-state index in [1.165, 1.54) is 0 Å². The SMILES string of the molecule is Cc1ccc(C2CCN(C(=O)C3CC4(COC(=O)N4)C3)CC2)cc1OC(F)F. The zero-order chi connectivity index (χ0) is 19.9. The van der Waals surface area contributed by atoms with Crippen molar-refractivity contribution in [3.63, 3.8) is 0 Å². The second-order valence-corrected chi connectivity index (χ2v) is 8.09. The van der Waals surface area contributed by atoms with E-state index in [0.717, 1.165) is 18.4 Å². The van der Waals surface area contributed by atoms with Gasteiger partial charge in [0, 0.05) is 19.0 Å². The predicted molar refractivity (Wildman–Crippen MR) is 96.3 cm³/mol. The van der Waals surface area contributed by atoms with Crippen LogP contribution in [0, 0.1) is 12.8 Å². The van der Waals surface area contributed by atoms with Crippen molar-refractivity contribution >= 4 is 12.0 Å². The van der Waals surface area contributed by atoms with Gasteiger partial charge < -0.3 is 19.7 Å². The highest BCUT2D eigenvalue weighted by Gasteiger charge is 2.53. The Morgan fingerprint density at radius 3 is 2.64 bits per heavy atom. The number of piperidine rings is 1. The standard InChI is InChI=1S/C20H24F2N2O4/c1-12-2-3-14(8-16(12)28-18(21)22)13-4-6-24(7-5-13)17(25)15-9-20(10-15)11-27-19(26)23-20/h2-3,8,13,15,18H,4-7,9-11H2,1H3,(H,23,26). The van der Waals surface area contributed by atoms with Crippen LogP contribution in [0.1, 0.15) is 42.7 Å². The zero-order valence-electron chi connectivity index (χ0n) is 15.7. The lowest BCUT2D eigenvalue weighted by Gasteiger charge is -2.45. The van der Waals surface area contributed by atoms with Gasteiger partial charge in [0.05, 0.1) is 5.54 Å². The molecule has 1 aliphatic carbocycles. The molecule has 1 N–H and O–H groups in total. The fourth-order valence-corrected chi connectivity index (χ4v) is 4.56. The maximum Gasteiger partial charge on any atom is 0.407 e. The number of benzene rings is 1. The van der Waals surface area contributed by atoms with E-state index in [9.17, 15) is 18.4 Å². The quantitative estimate of drug-likeness (QED) is 0.852. The topological polar surface area (TPSA) is 67.9 Å². The largest absolute Gasteiger partial charge is 0.447 e. The lowest BCUT2D eigenvalue weighted by molar-refractivity contribution is -0.142. The van der Waals surface area contributed by atoms with Crippen molar-refractivity contribution in [1.82, 2.24) is 10.2 Å². The van der Waals surface area contributed by atoms with E-state index >= 15 is 0 Å². The van der Waals surface area contributed by atoms with Crippen molar-refractivity contribution in [3.8, 4) is 5.75 Å². The summed E-state index contributed by atoms with van der Waals surface area (Å²) < 4.78 is 34.7. The number of amides is 2. The number of rotatable bonds is 4. The third-order valence-corrected chi connectivity index (χ3v) is 6.18. The van der Waals surface area contributed by atoms with Gasteiger partial charge >= 0.3 is 12.7 Å². The van der Waals surface area contributed by atoms with Crippen LogP contribution in [-0.2, 0) is 9.53 Å². The van der Waals surface area contributed by atoms with Gasteiger partial charge in [-0.25, -0.2) is 4.79 Å². The van der Waals surface area contributed by atoms with E-state index in [1.54, 1.807) is 19.1 Å². The predicted octanol–water partition coefficient (Wildman–Crippen LogP) is 3.19. The molecule has 0 radical (unpaired) electrons. The molecule has 1 saturated carbocycles. The molecule has 152 valence electrons. The zero-order valence-corrected chi connectivity index (χ0v) is 15.7. The van der Waals surface area contributed by atoms with Gasteiger partial charge in [0.15, 0.2) is 0 Å². The highest BCUT2D eigenvalue weighted by molar-refractivity contribution is 5.81. The number of nitrogens with one attached hydrogen (secondary N) is 1. The van der Waals surface area contributed by atoms with Crippen molar-refractivity contribution in [2.75, 3.05) is 19.7 Å². The third-order valence-electron chi connectivity index (χ3n) is 6.18. The number of carbonyl (C=O) groups is 2. The number of hydrogen-bond donors (Lipinski definition) is 1. The average molecular weight is 394 g/mol. The first-order valence-electron chi connectivity index (χ1n) is 9.64. The minimum Gasteiger partial charge on any atom is -0.447 e. The third kappa shape index (κ3) is 3.64. The number of alkyl halides is 2. The van der Waals surface area contributed by atoms with E-state index in [1.807, 2.05) is 11.0 Å². The molecule has 1 spiro atoms. The second-order valence-electron chi connectivity index (χ2n) is 8.09. The van der Waals surface area contributed by atoms with Crippen LogP contribution in [0.5, 0.6) is 5.75 Å². The molecule has 0 unspecified atom stereocenters. The number of hydrogen-bond acceptors (Lipinski definition) is 4. The van der Waals surface area contributed by atoms with Crippen LogP contribution < -0.4 is 10.1 Å². The molecular weight excluding hydrogens is 370 g/mol. The van der Waals surface area contributed by atoms with E-state index in [0.29, 0.717) is 38.1 Å². The van der Waals surface area contributed by atoms with Crippen LogP contribution in [0.25, 0.3) is 0 Å². The molecule has 0 bridgehead atoms. The monoisotopic (exact) mass is 394 g/mol. The van der Waals surface area contributed by atoms with Crippen molar-refractivity contribution < 1.29 is 27.8 Å². The summed E-state index contributed by atoms with van der Waals surface area (Å²) in [6, 6.07) is 5.45. The maximum absolute atomic E-state index is 12.7. The van der Waals surface area contributed by atoms with Crippen molar-refractivity contribution in [1.29, 1.82) is 0 Å². The summed E-state index contributed by atoms with van der Waals surface area (Å²) in [5.41, 5.74) is 1.30. The van der Waals surface area contributed by atoms with Crippen LogP contribution in [-0.4, -0.2) is 48.7 Å². The van der Waals surface area contributed by atoms with Gasteiger partial charge in [-0.1, -0.05) is 12.1 Å². The molecular formula is C20H24F2N2O4. The summed E-state index contributed by atoms with van der Waals surface area (Å²) in [6.07, 6.45) is 2.44. The Hall–Kier alpha value is -2.38. The Bertz CT molecular complexity index is 771. The number of alkyl carbamates (subject to hydrolysis) is 1. The summed E-state index contributed by atoms with van der Waals surface area (Å²) in [5, 5.41) is 2.81. The molecule has 2 heterocycles. The second kappa shape index (κ2) is 7.22. The van der Waals surface area contributed by atoms with E-state index in [4.69, 9.17) is 4.74 Å². The number of likely N-dealkylation sites (tertiary alicyclic amines) is 1. The lowest BCUT2D eigenvalue weighted by Crippen LogP contribution is -2.58. The van der Waals surface area contributed by atoms with Crippen LogP contribution >= 0.6 is 0 Å². The minimum absolute atomic E-state index is 0.0658. The van der Waals surface area contributed by atoms with Crippen molar-refractivity contribution in [2.45, 2.75) is 50.7 Å². The first-order valence-corrected chi connectivity index (χ1v) is 9.64. The molecule has 8 heteroatoms. The van der Waals surface area contributed by atoms with Gasteiger partial charge in [-0.3, -0.25) is 4.79 Å². The molecule has 3 aliphatic rings.